The summed E-state index contributed by atoms with van der Waals surface area (Å²) in [6.45, 7) is 0. The lowest BCUT2D eigenvalue weighted by atomic mass is 10.0. The van der Waals surface area contributed by atoms with Gasteiger partial charge >= 0.3 is 0 Å². The van der Waals surface area contributed by atoms with Crippen LogP contribution in [0, 0.1) is 0 Å². The van der Waals surface area contributed by atoms with Gasteiger partial charge in [0.2, 0.25) is 0 Å². The van der Waals surface area contributed by atoms with Crippen molar-refractivity contribution in [2.24, 2.45) is 0 Å². The molecule has 0 saturated carbocycles. The van der Waals surface area contributed by atoms with E-state index >= 15 is 0 Å². The van der Waals surface area contributed by atoms with Crippen molar-refractivity contribution in [3.8, 4) is 33.6 Å². The number of fused-ring (bicyclic) bond motifs is 7. The molecule has 0 spiro atoms. The fraction of sp³-hybridized carbons (Fsp3) is 0. The first-order valence-electron chi connectivity index (χ1n) is 16.5. The summed E-state index contributed by atoms with van der Waals surface area (Å²) >= 11 is 0. The fourth-order valence-corrected chi connectivity index (χ4v) is 7.70. The Labute approximate surface area is 278 Å². The summed E-state index contributed by atoms with van der Waals surface area (Å²) in [6, 6.07) is 66.2. The maximum Gasteiger partial charge on any atom is 0.0547 e. The van der Waals surface area contributed by atoms with E-state index in [0.29, 0.717) is 0 Å². The minimum atomic E-state index is 1.16. The molecule has 10 aromatic rings. The molecule has 0 atom stereocenters. The SMILES string of the molecule is c1ccc(-c2cccc(-n3c4ccccc4c4ccc(-c5ccc6c(c5)c5ccccc5n6-c5cccc6ccccc56)cc43)c2)cc1. The molecule has 10 rings (SSSR count). The molecular weight excluding hydrogens is 581 g/mol. The van der Waals surface area contributed by atoms with Crippen LogP contribution in [0.2, 0.25) is 0 Å². The van der Waals surface area contributed by atoms with Gasteiger partial charge in [-0.1, -0.05) is 133 Å². The van der Waals surface area contributed by atoms with E-state index in [2.05, 4.69) is 191 Å². The molecule has 48 heavy (non-hydrogen) atoms. The van der Waals surface area contributed by atoms with Crippen LogP contribution in [0.25, 0.3) is 88.0 Å². The van der Waals surface area contributed by atoms with Crippen LogP contribution >= 0.6 is 0 Å². The van der Waals surface area contributed by atoms with Gasteiger partial charge in [-0.3, -0.25) is 0 Å². The Morgan fingerprint density at radius 3 is 1.69 bits per heavy atom. The van der Waals surface area contributed by atoms with Crippen LogP contribution in [0.5, 0.6) is 0 Å². The van der Waals surface area contributed by atoms with Gasteiger partial charge in [0.25, 0.3) is 0 Å². The standard InChI is InChI=1S/C46H30N2/c1-2-12-31(13-3-1)33-16-10-17-36(28-33)47-43-21-8-6-19-38(43)40-26-24-35(30-46(40)47)34-25-27-45-41(29-34)39-20-7-9-22-44(39)48(45)42-23-11-15-32-14-4-5-18-37(32)42/h1-30H. The summed E-state index contributed by atoms with van der Waals surface area (Å²) < 4.78 is 4.85. The number of para-hydroxylation sites is 2. The predicted octanol–water partition coefficient (Wildman–Crippen LogP) is 12.4. The monoisotopic (exact) mass is 610 g/mol. The molecule has 2 heteroatoms. The Kier molecular flexibility index (Phi) is 5.91. The van der Waals surface area contributed by atoms with Gasteiger partial charge in [-0.25, -0.2) is 0 Å². The topological polar surface area (TPSA) is 9.86 Å². The number of benzene rings is 8. The van der Waals surface area contributed by atoms with Crippen LogP contribution in [0.1, 0.15) is 0 Å². The normalized spacial score (nSPS) is 11.8. The third kappa shape index (κ3) is 4.06. The molecule has 0 bridgehead atoms. The van der Waals surface area contributed by atoms with Gasteiger partial charge in [0.1, 0.15) is 0 Å². The first-order valence-corrected chi connectivity index (χ1v) is 16.5. The second-order valence-corrected chi connectivity index (χ2v) is 12.6. The maximum absolute atomic E-state index is 2.43. The molecule has 2 heterocycles. The Balaban J connectivity index is 1.18. The molecule has 0 N–H and O–H groups in total. The van der Waals surface area contributed by atoms with Crippen LogP contribution in [0.3, 0.4) is 0 Å². The number of rotatable bonds is 4. The van der Waals surface area contributed by atoms with E-state index in [1.165, 1.54) is 82.3 Å². The molecule has 0 saturated heterocycles. The summed E-state index contributed by atoms with van der Waals surface area (Å²) in [4.78, 5) is 0. The molecule has 0 fully saturated rings. The van der Waals surface area contributed by atoms with E-state index in [9.17, 15) is 0 Å². The van der Waals surface area contributed by atoms with Crippen molar-refractivity contribution in [1.82, 2.24) is 9.13 Å². The van der Waals surface area contributed by atoms with Gasteiger partial charge in [0, 0.05) is 32.6 Å². The third-order valence-corrected chi connectivity index (χ3v) is 9.90. The first kappa shape index (κ1) is 26.8. The molecular formula is C46H30N2. The second-order valence-electron chi connectivity index (χ2n) is 12.6. The number of nitrogens with zero attached hydrogens (tertiary/aromatic N) is 2. The molecule has 0 radical (unpaired) electrons. The molecule has 0 aliphatic rings. The lowest BCUT2D eigenvalue weighted by molar-refractivity contribution is 1.18. The van der Waals surface area contributed by atoms with Crippen LogP contribution < -0.4 is 0 Å². The summed E-state index contributed by atoms with van der Waals surface area (Å²) in [7, 11) is 0. The van der Waals surface area contributed by atoms with Crippen molar-refractivity contribution in [1.29, 1.82) is 0 Å². The van der Waals surface area contributed by atoms with E-state index in [1.54, 1.807) is 0 Å². The Morgan fingerprint density at radius 1 is 0.271 bits per heavy atom. The zero-order valence-electron chi connectivity index (χ0n) is 26.2. The van der Waals surface area contributed by atoms with Crippen molar-refractivity contribution in [2.75, 3.05) is 0 Å². The number of aromatic nitrogens is 2. The van der Waals surface area contributed by atoms with E-state index in [0.717, 1.165) is 5.69 Å². The van der Waals surface area contributed by atoms with Crippen molar-refractivity contribution in [2.45, 2.75) is 0 Å². The fourth-order valence-electron chi connectivity index (χ4n) is 7.70. The highest BCUT2D eigenvalue weighted by Crippen LogP contribution is 2.39. The highest BCUT2D eigenvalue weighted by Gasteiger charge is 2.17. The molecule has 0 amide bonds. The highest BCUT2D eigenvalue weighted by molar-refractivity contribution is 6.13. The molecule has 8 aromatic carbocycles. The van der Waals surface area contributed by atoms with Crippen molar-refractivity contribution < 1.29 is 0 Å². The molecule has 0 aliphatic carbocycles. The summed E-state index contributed by atoms with van der Waals surface area (Å²) in [5.41, 5.74) is 12.1. The van der Waals surface area contributed by atoms with E-state index in [-0.39, 0.29) is 0 Å². The first-order chi connectivity index (χ1) is 23.8. The zero-order chi connectivity index (χ0) is 31.6. The Morgan fingerprint density at radius 2 is 0.833 bits per heavy atom. The smallest absolute Gasteiger partial charge is 0.0547 e. The van der Waals surface area contributed by atoms with E-state index < -0.39 is 0 Å². The van der Waals surface area contributed by atoms with E-state index in [4.69, 9.17) is 0 Å². The lowest BCUT2D eigenvalue weighted by Gasteiger charge is -2.12. The molecule has 224 valence electrons. The van der Waals surface area contributed by atoms with Gasteiger partial charge in [-0.05, 0) is 76.2 Å². The van der Waals surface area contributed by atoms with Gasteiger partial charge in [0.15, 0.2) is 0 Å². The van der Waals surface area contributed by atoms with Crippen molar-refractivity contribution in [3.63, 3.8) is 0 Å². The van der Waals surface area contributed by atoms with Crippen LogP contribution in [0.4, 0.5) is 0 Å². The predicted molar refractivity (Wildman–Crippen MR) is 203 cm³/mol. The zero-order valence-corrected chi connectivity index (χ0v) is 26.2. The minimum Gasteiger partial charge on any atom is -0.309 e. The lowest BCUT2D eigenvalue weighted by Crippen LogP contribution is -1.95. The highest BCUT2D eigenvalue weighted by atomic mass is 15.0. The molecule has 0 unspecified atom stereocenters. The largest absolute Gasteiger partial charge is 0.309 e. The molecule has 2 aromatic heterocycles. The van der Waals surface area contributed by atoms with Crippen LogP contribution in [-0.2, 0) is 0 Å². The summed E-state index contributed by atoms with van der Waals surface area (Å²) in [5.74, 6) is 0. The molecule has 2 nitrogen and oxygen atoms in total. The van der Waals surface area contributed by atoms with E-state index in [1.807, 2.05) is 0 Å². The second kappa shape index (κ2) is 10.6. The van der Waals surface area contributed by atoms with Crippen LogP contribution in [0.15, 0.2) is 182 Å². The third-order valence-electron chi connectivity index (χ3n) is 9.90. The van der Waals surface area contributed by atoms with Gasteiger partial charge in [0.05, 0.1) is 27.8 Å². The number of hydrogen-bond donors (Lipinski definition) is 0. The van der Waals surface area contributed by atoms with Crippen molar-refractivity contribution in [3.05, 3.63) is 182 Å². The quantitative estimate of drug-likeness (QED) is 0.188. The minimum absolute atomic E-state index is 1.16. The van der Waals surface area contributed by atoms with Crippen molar-refractivity contribution >= 4 is 54.4 Å². The summed E-state index contributed by atoms with van der Waals surface area (Å²) in [5, 5.41) is 7.53. The average molecular weight is 611 g/mol. The molecule has 0 aliphatic heterocycles. The average Bonchev–Trinajstić information content (AvgIpc) is 3.67. The Hall–Kier alpha value is -6.38. The van der Waals surface area contributed by atoms with Gasteiger partial charge in [-0.15, -0.1) is 0 Å². The number of hydrogen-bond acceptors (Lipinski definition) is 0. The van der Waals surface area contributed by atoms with Gasteiger partial charge in [-0.2, -0.15) is 0 Å². The van der Waals surface area contributed by atoms with Crippen LogP contribution in [-0.4, -0.2) is 9.13 Å². The van der Waals surface area contributed by atoms with Gasteiger partial charge < -0.3 is 9.13 Å². The summed E-state index contributed by atoms with van der Waals surface area (Å²) in [6.07, 6.45) is 0. The Bertz CT molecular complexity index is 2830. The maximum atomic E-state index is 2.43.